The average Bonchev–Trinajstić information content (AvgIpc) is 2.72. The van der Waals surface area contributed by atoms with Crippen LogP contribution in [0.15, 0.2) is 23.7 Å². The molecule has 1 aromatic heterocycles. The lowest BCUT2D eigenvalue weighted by Crippen LogP contribution is -2.00. The molecule has 3 nitrogen and oxygen atoms in total. The maximum Gasteiger partial charge on any atom is 0.167 e. The first-order valence-electron chi connectivity index (χ1n) is 5.17. The van der Waals surface area contributed by atoms with Crippen molar-refractivity contribution in [2.75, 3.05) is 12.4 Å². The number of aromatic nitrogens is 1. The average molecular weight is 252 g/mol. The van der Waals surface area contributed by atoms with Gasteiger partial charge in [-0.1, -0.05) is 0 Å². The number of hydrogen-bond acceptors (Lipinski definition) is 4. The van der Waals surface area contributed by atoms with Gasteiger partial charge in [0.05, 0.1) is 24.9 Å². The van der Waals surface area contributed by atoms with Crippen LogP contribution >= 0.6 is 11.3 Å². The first kappa shape index (κ1) is 11.9. The molecule has 0 fully saturated rings. The summed E-state index contributed by atoms with van der Waals surface area (Å²) in [6, 6.07) is 4.82. The van der Waals surface area contributed by atoms with E-state index in [0.29, 0.717) is 6.54 Å². The summed E-state index contributed by atoms with van der Waals surface area (Å²) < 4.78 is 18.3. The maximum atomic E-state index is 13.4. The molecule has 0 amide bonds. The third-order valence-electron chi connectivity index (χ3n) is 2.45. The zero-order valence-electron chi connectivity index (χ0n) is 9.66. The molecule has 1 aromatic carbocycles. The number of methoxy groups -OCH3 is 1. The highest BCUT2D eigenvalue weighted by Crippen LogP contribution is 2.21. The van der Waals surface area contributed by atoms with E-state index in [1.165, 1.54) is 13.2 Å². The van der Waals surface area contributed by atoms with Crippen LogP contribution in [0.3, 0.4) is 0 Å². The Bertz CT molecular complexity index is 513. The van der Waals surface area contributed by atoms with Crippen LogP contribution in [0.2, 0.25) is 0 Å². The highest BCUT2D eigenvalue weighted by molar-refractivity contribution is 7.09. The van der Waals surface area contributed by atoms with E-state index in [2.05, 4.69) is 10.3 Å². The molecule has 0 aliphatic heterocycles. The molecule has 0 aliphatic carbocycles. The predicted octanol–water partition coefficient (Wildman–Crippen LogP) is 3.21. The molecule has 0 radical (unpaired) electrons. The smallest absolute Gasteiger partial charge is 0.167 e. The lowest BCUT2D eigenvalue weighted by molar-refractivity contribution is 0.386. The van der Waals surface area contributed by atoms with Gasteiger partial charge in [-0.15, -0.1) is 11.3 Å². The minimum atomic E-state index is -0.362. The first-order valence-corrected chi connectivity index (χ1v) is 6.05. The normalized spacial score (nSPS) is 10.3. The van der Waals surface area contributed by atoms with E-state index in [0.717, 1.165) is 16.3 Å². The molecule has 0 spiro atoms. The van der Waals surface area contributed by atoms with Crippen molar-refractivity contribution in [1.29, 1.82) is 0 Å². The van der Waals surface area contributed by atoms with Crippen molar-refractivity contribution in [3.05, 3.63) is 40.1 Å². The van der Waals surface area contributed by atoms with Crippen molar-refractivity contribution >= 4 is 17.0 Å². The van der Waals surface area contributed by atoms with E-state index in [1.54, 1.807) is 29.0 Å². The number of ether oxygens (including phenoxy) is 1. The van der Waals surface area contributed by atoms with Crippen LogP contribution in [0.25, 0.3) is 0 Å². The second-order valence-electron chi connectivity index (χ2n) is 3.56. The Balaban J connectivity index is 2.05. The molecule has 0 aliphatic rings. The van der Waals surface area contributed by atoms with Crippen LogP contribution in [-0.2, 0) is 6.54 Å². The van der Waals surface area contributed by atoms with E-state index >= 15 is 0 Å². The number of aryl methyl sites for hydroxylation is 1. The van der Waals surface area contributed by atoms with E-state index in [-0.39, 0.29) is 11.6 Å². The molecule has 0 bridgehead atoms. The Hall–Kier alpha value is -1.62. The van der Waals surface area contributed by atoms with Gasteiger partial charge >= 0.3 is 0 Å². The van der Waals surface area contributed by atoms with Gasteiger partial charge in [0.2, 0.25) is 0 Å². The van der Waals surface area contributed by atoms with Crippen LogP contribution in [0, 0.1) is 12.7 Å². The molecular formula is C12H13FN2OS. The van der Waals surface area contributed by atoms with Crippen molar-refractivity contribution in [3.8, 4) is 5.75 Å². The predicted molar refractivity (Wildman–Crippen MR) is 67.1 cm³/mol. The van der Waals surface area contributed by atoms with Crippen LogP contribution in [0.4, 0.5) is 10.1 Å². The quantitative estimate of drug-likeness (QED) is 0.907. The SMILES string of the molecule is COc1ccc(NCc2scnc2C)cc1F. The Morgan fingerprint density at radius 1 is 1.47 bits per heavy atom. The maximum absolute atomic E-state index is 13.4. The zero-order chi connectivity index (χ0) is 12.3. The van der Waals surface area contributed by atoms with Crippen LogP contribution in [-0.4, -0.2) is 12.1 Å². The largest absolute Gasteiger partial charge is 0.494 e. The molecule has 1 N–H and O–H groups in total. The third kappa shape index (κ3) is 2.74. The fourth-order valence-electron chi connectivity index (χ4n) is 1.45. The highest BCUT2D eigenvalue weighted by Gasteiger charge is 2.04. The van der Waals surface area contributed by atoms with Gasteiger partial charge < -0.3 is 10.1 Å². The number of rotatable bonds is 4. The third-order valence-corrected chi connectivity index (χ3v) is 3.38. The number of thiazole rings is 1. The van der Waals surface area contributed by atoms with Crippen molar-refractivity contribution in [2.24, 2.45) is 0 Å². The fraction of sp³-hybridized carbons (Fsp3) is 0.250. The van der Waals surface area contributed by atoms with Gasteiger partial charge in [-0.2, -0.15) is 0 Å². The summed E-state index contributed by atoms with van der Waals surface area (Å²) in [5, 5.41) is 3.15. The number of hydrogen-bond donors (Lipinski definition) is 1. The fourth-order valence-corrected chi connectivity index (χ4v) is 2.17. The molecule has 17 heavy (non-hydrogen) atoms. The topological polar surface area (TPSA) is 34.1 Å². The molecule has 0 unspecified atom stereocenters. The Labute approximate surface area is 103 Å². The molecule has 0 saturated heterocycles. The van der Waals surface area contributed by atoms with E-state index in [9.17, 15) is 4.39 Å². The van der Waals surface area contributed by atoms with Crippen molar-refractivity contribution in [2.45, 2.75) is 13.5 Å². The summed E-state index contributed by atoms with van der Waals surface area (Å²) in [5.41, 5.74) is 3.55. The van der Waals surface area contributed by atoms with E-state index in [1.807, 2.05) is 6.92 Å². The van der Waals surface area contributed by atoms with Gasteiger partial charge in [0, 0.05) is 16.6 Å². The number of halogens is 1. The number of benzene rings is 1. The summed E-state index contributed by atoms with van der Waals surface area (Å²) in [6.45, 7) is 2.62. The van der Waals surface area contributed by atoms with E-state index < -0.39 is 0 Å². The Morgan fingerprint density at radius 2 is 2.29 bits per heavy atom. The Kier molecular flexibility index (Phi) is 3.58. The van der Waals surface area contributed by atoms with Crippen molar-refractivity contribution < 1.29 is 9.13 Å². The van der Waals surface area contributed by atoms with E-state index in [4.69, 9.17) is 4.74 Å². The summed E-state index contributed by atoms with van der Waals surface area (Å²) in [6.07, 6.45) is 0. The van der Waals surface area contributed by atoms with Gasteiger partial charge in [0.1, 0.15) is 0 Å². The number of anilines is 1. The standard InChI is InChI=1S/C12H13FN2OS/c1-8-12(17-7-15-8)6-14-9-3-4-11(16-2)10(13)5-9/h3-5,7,14H,6H2,1-2H3. The van der Waals surface area contributed by atoms with Gasteiger partial charge in [0.25, 0.3) is 0 Å². The molecule has 1 heterocycles. The first-order chi connectivity index (χ1) is 8.20. The van der Waals surface area contributed by atoms with Gasteiger partial charge in [-0.3, -0.25) is 0 Å². The lowest BCUT2D eigenvalue weighted by atomic mass is 10.3. The number of nitrogens with one attached hydrogen (secondary N) is 1. The zero-order valence-corrected chi connectivity index (χ0v) is 10.5. The molecular weight excluding hydrogens is 239 g/mol. The van der Waals surface area contributed by atoms with Gasteiger partial charge in [-0.05, 0) is 19.1 Å². The highest BCUT2D eigenvalue weighted by atomic mass is 32.1. The number of nitrogens with zero attached hydrogens (tertiary/aromatic N) is 1. The van der Waals surface area contributed by atoms with Gasteiger partial charge in [0.15, 0.2) is 11.6 Å². The second kappa shape index (κ2) is 5.14. The molecule has 2 aromatic rings. The second-order valence-corrected chi connectivity index (χ2v) is 4.50. The van der Waals surface area contributed by atoms with Crippen LogP contribution in [0.5, 0.6) is 5.75 Å². The monoisotopic (exact) mass is 252 g/mol. The summed E-state index contributed by atoms with van der Waals surface area (Å²) >= 11 is 1.59. The molecule has 0 saturated carbocycles. The summed E-state index contributed by atoms with van der Waals surface area (Å²) in [5.74, 6) is -0.108. The minimum Gasteiger partial charge on any atom is -0.494 e. The molecule has 90 valence electrons. The van der Waals surface area contributed by atoms with Gasteiger partial charge in [-0.25, -0.2) is 9.37 Å². The van der Waals surface area contributed by atoms with Crippen molar-refractivity contribution in [3.63, 3.8) is 0 Å². The molecule has 0 atom stereocenters. The van der Waals surface area contributed by atoms with Crippen LogP contribution in [0.1, 0.15) is 10.6 Å². The molecule has 5 heteroatoms. The molecule has 2 rings (SSSR count). The van der Waals surface area contributed by atoms with Crippen LogP contribution < -0.4 is 10.1 Å². The van der Waals surface area contributed by atoms with Crippen molar-refractivity contribution in [1.82, 2.24) is 4.98 Å². The lowest BCUT2D eigenvalue weighted by Gasteiger charge is -2.07. The minimum absolute atomic E-state index is 0.254. The summed E-state index contributed by atoms with van der Waals surface area (Å²) in [7, 11) is 1.45. The summed E-state index contributed by atoms with van der Waals surface area (Å²) in [4.78, 5) is 5.31. The Morgan fingerprint density at radius 3 is 2.88 bits per heavy atom.